The number of urea groups is 1. The highest BCUT2D eigenvalue weighted by Crippen LogP contribution is 2.39. The Kier molecular flexibility index (Phi) is 3.76. The molecule has 22 heavy (non-hydrogen) atoms. The normalized spacial score (nSPS) is 16.0. The molecule has 0 radical (unpaired) electrons. The van der Waals surface area contributed by atoms with Crippen molar-refractivity contribution in [3.05, 3.63) is 22.7 Å². The van der Waals surface area contributed by atoms with E-state index in [-0.39, 0.29) is 26.5 Å². The molecule has 0 saturated carbocycles. The summed E-state index contributed by atoms with van der Waals surface area (Å²) in [6.45, 7) is -0.380. The lowest BCUT2D eigenvalue weighted by Gasteiger charge is -2.12. The van der Waals surface area contributed by atoms with Crippen LogP contribution in [0.15, 0.2) is 12.1 Å². The molecule has 1 fully saturated rings. The third-order valence-electron chi connectivity index (χ3n) is 3.07. The number of hydrogen-bond donors (Lipinski definition) is 1. The first-order valence-corrected chi connectivity index (χ1v) is 6.73. The Morgan fingerprint density at radius 3 is 2.91 bits per heavy atom. The van der Waals surface area contributed by atoms with E-state index in [4.69, 9.17) is 25.8 Å². The third kappa shape index (κ3) is 2.91. The molecule has 2 aliphatic heterocycles. The Morgan fingerprint density at radius 2 is 2.18 bits per heavy atom. The van der Waals surface area contributed by atoms with Gasteiger partial charge in [0.15, 0.2) is 11.5 Å². The number of nitrogens with zero attached hydrogens (tertiary/aromatic N) is 1. The third-order valence-corrected chi connectivity index (χ3v) is 3.36. The molecular formula is C13H11ClN2O6. The molecule has 0 aromatic heterocycles. The van der Waals surface area contributed by atoms with Crippen molar-refractivity contribution in [2.24, 2.45) is 0 Å². The maximum absolute atomic E-state index is 11.7. The van der Waals surface area contributed by atoms with Crippen LogP contribution in [-0.2, 0) is 20.9 Å². The van der Waals surface area contributed by atoms with E-state index in [1.807, 2.05) is 0 Å². The van der Waals surface area contributed by atoms with Gasteiger partial charge in [0.1, 0.15) is 19.7 Å². The number of hydrogen-bond acceptors (Lipinski definition) is 6. The van der Waals surface area contributed by atoms with Crippen molar-refractivity contribution in [1.29, 1.82) is 0 Å². The number of carbonyl (C=O) groups excluding carboxylic acids is 3. The molecule has 1 aromatic carbocycles. The SMILES string of the molecule is O=C1CN(CC(=O)OCc2cc(Cl)c3c(c2)OCO3)C(=O)N1. The lowest BCUT2D eigenvalue weighted by atomic mass is 10.2. The van der Waals surface area contributed by atoms with Crippen molar-refractivity contribution < 1.29 is 28.6 Å². The number of rotatable bonds is 4. The summed E-state index contributed by atoms with van der Waals surface area (Å²) in [5, 5.41) is 2.44. The molecule has 3 rings (SSSR count). The number of amides is 3. The number of nitrogens with one attached hydrogen (secondary N) is 1. The van der Waals surface area contributed by atoms with E-state index in [0.29, 0.717) is 22.1 Å². The van der Waals surface area contributed by atoms with E-state index >= 15 is 0 Å². The molecule has 2 aliphatic rings. The molecule has 1 aromatic rings. The van der Waals surface area contributed by atoms with Gasteiger partial charge in [-0.3, -0.25) is 14.9 Å². The molecule has 0 bridgehead atoms. The highest BCUT2D eigenvalue weighted by Gasteiger charge is 2.28. The zero-order chi connectivity index (χ0) is 15.7. The Morgan fingerprint density at radius 1 is 1.36 bits per heavy atom. The van der Waals surface area contributed by atoms with Crippen LogP contribution in [0.5, 0.6) is 11.5 Å². The summed E-state index contributed by atoms with van der Waals surface area (Å²) in [5.74, 6) is -0.119. The van der Waals surface area contributed by atoms with Crippen LogP contribution < -0.4 is 14.8 Å². The molecule has 0 unspecified atom stereocenters. The highest BCUT2D eigenvalue weighted by atomic mass is 35.5. The molecule has 116 valence electrons. The van der Waals surface area contributed by atoms with Gasteiger partial charge in [0.2, 0.25) is 12.7 Å². The predicted molar refractivity (Wildman–Crippen MR) is 72.5 cm³/mol. The van der Waals surface area contributed by atoms with Gasteiger partial charge < -0.3 is 19.1 Å². The lowest BCUT2D eigenvalue weighted by molar-refractivity contribution is -0.145. The fourth-order valence-corrected chi connectivity index (χ4v) is 2.37. The Hall–Kier alpha value is -2.48. The standard InChI is InChI=1S/C13H11ClN2O6/c14-8-1-7(2-9-12(8)22-6-21-9)5-20-11(18)4-16-3-10(17)15-13(16)19/h1-2H,3-6H2,(H,15,17,19). The highest BCUT2D eigenvalue weighted by molar-refractivity contribution is 6.32. The Labute approximate surface area is 129 Å². The maximum Gasteiger partial charge on any atom is 0.326 e. The van der Waals surface area contributed by atoms with Gasteiger partial charge in [0.25, 0.3) is 0 Å². The molecule has 0 spiro atoms. The van der Waals surface area contributed by atoms with Crippen LogP contribution in [0.2, 0.25) is 5.02 Å². The van der Waals surface area contributed by atoms with Crippen LogP contribution in [-0.4, -0.2) is 42.7 Å². The van der Waals surface area contributed by atoms with Crippen molar-refractivity contribution in [2.75, 3.05) is 19.9 Å². The van der Waals surface area contributed by atoms with Crippen LogP contribution in [0, 0.1) is 0 Å². The summed E-state index contributed by atoms with van der Waals surface area (Å²) in [5.41, 5.74) is 0.629. The van der Waals surface area contributed by atoms with Gasteiger partial charge >= 0.3 is 12.0 Å². The van der Waals surface area contributed by atoms with Crippen molar-refractivity contribution in [3.8, 4) is 11.5 Å². The molecule has 2 heterocycles. The van der Waals surface area contributed by atoms with E-state index in [2.05, 4.69) is 5.32 Å². The number of esters is 1. The molecular weight excluding hydrogens is 316 g/mol. The first-order valence-electron chi connectivity index (χ1n) is 6.35. The van der Waals surface area contributed by atoms with E-state index in [1.54, 1.807) is 12.1 Å². The molecule has 8 nitrogen and oxygen atoms in total. The second-order valence-corrected chi connectivity index (χ2v) is 5.09. The first kappa shape index (κ1) is 14.5. The van der Waals surface area contributed by atoms with Gasteiger partial charge in [-0.1, -0.05) is 11.6 Å². The number of fused-ring (bicyclic) bond motifs is 1. The minimum absolute atomic E-state index is 0.0292. The smallest absolute Gasteiger partial charge is 0.326 e. The van der Waals surface area contributed by atoms with Crippen LogP contribution >= 0.6 is 11.6 Å². The lowest BCUT2D eigenvalue weighted by Crippen LogP contribution is -2.33. The summed E-state index contributed by atoms with van der Waals surface area (Å²) in [4.78, 5) is 35.1. The molecule has 1 saturated heterocycles. The predicted octanol–water partition coefficient (Wildman–Crippen LogP) is 0.664. The average Bonchev–Trinajstić information content (AvgIpc) is 3.04. The minimum Gasteiger partial charge on any atom is -0.459 e. The maximum atomic E-state index is 11.7. The monoisotopic (exact) mass is 326 g/mol. The summed E-state index contributed by atoms with van der Waals surface area (Å²) in [6.07, 6.45) is 0. The van der Waals surface area contributed by atoms with Gasteiger partial charge in [0.05, 0.1) is 5.02 Å². The largest absolute Gasteiger partial charge is 0.459 e. The second-order valence-electron chi connectivity index (χ2n) is 4.68. The van der Waals surface area contributed by atoms with Crippen molar-refractivity contribution >= 4 is 29.5 Å². The number of benzene rings is 1. The number of carbonyl (C=O) groups is 3. The van der Waals surface area contributed by atoms with Crippen LogP contribution in [0.25, 0.3) is 0 Å². The van der Waals surface area contributed by atoms with E-state index in [0.717, 1.165) is 4.90 Å². The first-order chi connectivity index (χ1) is 10.5. The van der Waals surface area contributed by atoms with Crippen molar-refractivity contribution in [1.82, 2.24) is 10.2 Å². The molecule has 0 aliphatic carbocycles. The van der Waals surface area contributed by atoms with Gasteiger partial charge in [-0.2, -0.15) is 0 Å². The fourth-order valence-electron chi connectivity index (χ4n) is 2.08. The molecule has 0 atom stereocenters. The fraction of sp³-hybridized carbons (Fsp3) is 0.308. The number of ether oxygens (including phenoxy) is 3. The van der Waals surface area contributed by atoms with Crippen LogP contribution in [0.1, 0.15) is 5.56 Å². The van der Waals surface area contributed by atoms with Crippen molar-refractivity contribution in [2.45, 2.75) is 6.61 Å². The quantitative estimate of drug-likeness (QED) is 0.645. The number of halogens is 1. The summed E-state index contributed by atoms with van der Waals surface area (Å²) >= 11 is 6.02. The van der Waals surface area contributed by atoms with E-state index in [1.165, 1.54) is 0 Å². The van der Waals surface area contributed by atoms with Gasteiger partial charge in [-0.05, 0) is 17.7 Å². The van der Waals surface area contributed by atoms with E-state index < -0.39 is 17.9 Å². The zero-order valence-electron chi connectivity index (χ0n) is 11.3. The molecule has 9 heteroatoms. The summed E-state index contributed by atoms with van der Waals surface area (Å²) < 4.78 is 15.5. The van der Waals surface area contributed by atoms with Gasteiger partial charge in [-0.15, -0.1) is 0 Å². The Balaban J connectivity index is 1.56. The average molecular weight is 327 g/mol. The topological polar surface area (TPSA) is 94.2 Å². The molecule has 3 amide bonds. The number of imide groups is 1. The van der Waals surface area contributed by atoms with Gasteiger partial charge in [-0.25, -0.2) is 4.79 Å². The Bertz CT molecular complexity index is 662. The second kappa shape index (κ2) is 5.72. The van der Waals surface area contributed by atoms with E-state index in [9.17, 15) is 14.4 Å². The van der Waals surface area contributed by atoms with Crippen LogP contribution in [0.4, 0.5) is 4.79 Å². The van der Waals surface area contributed by atoms with Crippen molar-refractivity contribution in [3.63, 3.8) is 0 Å². The molecule has 1 N–H and O–H groups in total. The minimum atomic E-state index is -0.626. The zero-order valence-corrected chi connectivity index (χ0v) is 12.0. The summed E-state index contributed by atoms with van der Waals surface area (Å²) in [7, 11) is 0. The summed E-state index contributed by atoms with van der Waals surface area (Å²) in [6, 6.07) is 2.66. The van der Waals surface area contributed by atoms with Crippen LogP contribution in [0.3, 0.4) is 0 Å². The van der Waals surface area contributed by atoms with Gasteiger partial charge in [0, 0.05) is 0 Å².